The summed E-state index contributed by atoms with van der Waals surface area (Å²) in [5.41, 5.74) is 1.03. The molecule has 8 nitrogen and oxygen atoms in total. The van der Waals surface area contributed by atoms with Crippen LogP contribution in [0.2, 0.25) is 0 Å². The van der Waals surface area contributed by atoms with Crippen LogP contribution in [-0.4, -0.2) is 33.3 Å². The van der Waals surface area contributed by atoms with Crippen molar-refractivity contribution in [3.05, 3.63) is 45.0 Å². The van der Waals surface area contributed by atoms with E-state index in [1.807, 2.05) is 6.07 Å². The van der Waals surface area contributed by atoms with Gasteiger partial charge in [-0.1, -0.05) is 11.8 Å². The third kappa shape index (κ3) is 4.40. The number of fused-ring (bicyclic) bond motifs is 3. The van der Waals surface area contributed by atoms with Gasteiger partial charge in [0.1, 0.15) is 10.6 Å². The van der Waals surface area contributed by atoms with Crippen molar-refractivity contribution in [1.29, 1.82) is 0 Å². The summed E-state index contributed by atoms with van der Waals surface area (Å²) in [5.74, 6) is 0.203. The maximum Gasteiger partial charge on any atom is 0.321 e. The largest absolute Gasteiger partial charge is 0.467 e. The minimum Gasteiger partial charge on any atom is -0.467 e. The summed E-state index contributed by atoms with van der Waals surface area (Å²) < 4.78 is 7.02. The zero-order chi connectivity index (χ0) is 21.4. The predicted octanol–water partition coefficient (Wildman–Crippen LogP) is 3.06. The highest BCUT2D eigenvalue weighted by molar-refractivity contribution is 7.99. The number of nitrogens with zero attached hydrogens (tertiary/aromatic N) is 2. The first-order chi connectivity index (χ1) is 15.1. The Kier molecular flexibility index (Phi) is 5.58. The van der Waals surface area contributed by atoms with Crippen LogP contribution in [0, 0.1) is 0 Å². The molecule has 0 saturated heterocycles. The van der Waals surface area contributed by atoms with Crippen LogP contribution < -0.4 is 16.2 Å². The van der Waals surface area contributed by atoms with Crippen LogP contribution in [0.15, 0.2) is 32.8 Å². The van der Waals surface area contributed by atoms with E-state index in [1.54, 1.807) is 28.2 Å². The van der Waals surface area contributed by atoms with Gasteiger partial charge in [-0.25, -0.2) is 9.78 Å². The van der Waals surface area contributed by atoms with Crippen LogP contribution >= 0.6 is 23.1 Å². The van der Waals surface area contributed by atoms with E-state index in [-0.39, 0.29) is 23.9 Å². The van der Waals surface area contributed by atoms with E-state index in [0.29, 0.717) is 16.3 Å². The van der Waals surface area contributed by atoms with Gasteiger partial charge in [0.15, 0.2) is 5.16 Å². The lowest BCUT2D eigenvalue weighted by molar-refractivity contribution is -0.117. The molecule has 1 fully saturated rings. The number of thiophene rings is 1. The number of hydrogen-bond donors (Lipinski definition) is 2. The third-order valence-corrected chi connectivity index (χ3v) is 7.59. The van der Waals surface area contributed by atoms with Gasteiger partial charge < -0.3 is 9.73 Å². The fraction of sp³-hybridized carbons (Fsp3) is 0.429. The third-order valence-electron chi connectivity index (χ3n) is 5.43. The SMILES string of the molecule is O=C(CSc1nc2sc3c(c2c(=O)n1Cc1ccco1)CCCC3)NC(=O)NC1CC1. The molecule has 0 aromatic carbocycles. The molecule has 3 amide bonds. The van der Waals surface area contributed by atoms with Gasteiger partial charge in [-0.2, -0.15) is 0 Å². The molecule has 0 aliphatic heterocycles. The van der Waals surface area contributed by atoms with Crippen molar-refractivity contribution >= 4 is 45.3 Å². The summed E-state index contributed by atoms with van der Waals surface area (Å²) in [6.45, 7) is 0.242. The molecule has 0 spiro atoms. The molecular formula is C21H22N4O4S2. The molecular weight excluding hydrogens is 436 g/mol. The van der Waals surface area contributed by atoms with E-state index in [9.17, 15) is 14.4 Å². The van der Waals surface area contributed by atoms with E-state index < -0.39 is 11.9 Å². The average molecular weight is 459 g/mol. The Bertz CT molecular complexity index is 1190. The monoisotopic (exact) mass is 458 g/mol. The Morgan fingerprint density at radius 3 is 2.90 bits per heavy atom. The molecule has 0 radical (unpaired) electrons. The van der Waals surface area contributed by atoms with E-state index in [0.717, 1.165) is 60.7 Å². The number of imide groups is 1. The molecule has 0 bridgehead atoms. The molecule has 2 aliphatic carbocycles. The molecule has 31 heavy (non-hydrogen) atoms. The van der Waals surface area contributed by atoms with Crippen LogP contribution in [0.4, 0.5) is 4.79 Å². The molecule has 10 heteroatoms. The van der Waals surface area contributed by atoms with Crippen molar-refractivity contribution in [3.63, 3.8) is 0 Å². The number of aromatic nitrogens is 2. The summed E-state index contributed by atoms with van der Waals surface area (Å²) in [6.07, 6.45) is 7.56. The maximum absolute atomic E-state index is 13.5. The summed E-state index contributed by atoms with van der Waals surface area (Å²) in [6, 6.07) is 3.28. The maximum atomic E-state index is 13.5. The zero-order valence-corrected chi connectivity index (χ0v) is 18.4. The zero-order valence-electron chi connectivity index (χ0n) is 16.8. The first-order valence-electron chi connectivity index (χ1n) is 10.4. The number of carbonyl (C=O) groups is 2. The van der Waals surface area contributed by atoms with Gasteiger partial charge in [-0.05, 0) is 56.2 Å². The van der Waals surface area contributed by atoms with Crippen molar-refractivity contribution in [2.75, 3.05) is 5.75 Å². The van der Waals surface area contributed by atoms with Gasteiger partial charge in [-0.3, -0.25) is 19.5 Å². The van der Waals surface area contributed by atoms with E-state index >= 15 is 0 Å². The minimum atomic E-state index is -0.476. The molecule has 1 saturated carbocycles. The lowest BCUT2D eigenvalue weighted by Gasteiger charge is -2.13. The molecule has 0 unspecified atom stereocenters. The summed E-state index contributed by atoms with van der Waals surface area (Å²) in [5, 5.41) is 6.21. The van der Waals surface area contributed by atoms with Gasteiger partial charge >= 0.3 is 6.03 Å². The summed E-state index contributed by atoms with van der Waals surface area (Å²) in [7, 11) is 0. The fourth-order valence-corrected chi connectivity index (χ4v) is 5.87. The van der Waals surface area contributed by atoms with E-state index in [4.69, 9.17) is 9.40 Å². The summed E-state index contributed by atoms with van der Waals surface area (Å²) in [4.78, 5) is 44.2. The Morgan fingerprint density at radius 1 is 1.29 bits per heavy atom. The van der Waals surface area contributed by atoms with Gasteiger partial charge in [0.05, 0.1) is 23.9 Å². The van der Waals surface area contributed by atoms with Crippen LogP contribution in [0.1, 0.15) is 41.9 Å². The molecule has 3 aromatic rings. The Morgan fingerprint density at radius 2 is 2.13 bits per heavy atom. The van der Waals surface area contributed by atoms with Crippen molar-refractivity contribution in [2.45, 2.75) is 56.3 Å². The van der Waals surface area contributed by atoms with Crippen LogP contribution in [-0.2, 0) is 24.2 Å². The number of carbonyl (C=O) groups excluding carboxylic acids is 2. The Hall–Kier alpha value is -2.59. The molecule has 3 heterocycles. The Labute approximate surface area is 186 Å². The number of rotatable bonds is 6. The number of thioether (sulfide) groups is 1. The molecule has 162 valence electrons. The average Bonchev–Trinajstić information content (AvgIpc) is 3.25. The van der Waals surface area contributed by atoms with Crippen molar-refractivity contribution < 1.29 is 14.0 Å². The Balaban J connectivity index is 1.43. The number of amides is 3. The number of furan rings is 1. The number of urea groups is 1. The highest BCUT2D eigenvalue weighted by atomic mass is 32.2. The van der Waals surface area contributed by atoms with Crippen LogP contribution in [0.3, 0.4) is 0 Å². The molecule has 2 N–H and O–H groups in total. The number of hydrogen-bond acceptors (Lipinski definition) is 7. The topological polar surface area (TPSA) is 106 Å². The van der Waals surface area contributed by atoms with Crippen LogP contribution in [0.5, 0.6) is 0 Å². The first kappa shape index (κ1) is 20.3. The number of nitrogens with one attached hydrogen (secondary N) is 2. The minimum absolute atomic E-state index is 0.0146. The van der Waals surface area contributed by atoms with Gasteiger partial charge in [0, 0.05) is 10.9 Å². The normalized spacial score (nSPS) is 15.6. The highest BCUT2D eigenvalue weighted by Crippen LogP contribution is 2.34. The van der Waals surface area contributed by atoms with E-state index in [1.165, 1.54) is 4.88 Å². The van der Waals surface area contributed by atoms with Crippen molar-refractivity contribution in [3.8, 4) is 0 Å². The molecule has 2 aliphatic rings. The lowest BCUT2D eigenvalue weighted by atomic mass is 9.97. The predicted molar refractivity (Wildman–Crippen MR) is 119 cm³/mol. The molecule has 0 atom stereocenters. The lowest BCUT2D eigenvalue weighted by Crippen LogP contribution is -2.41. The first-order valence-corrected chi connectivity index (χ1v) is 12.2. The molecule has 3 aromatic heterocycles. The second-order valence-electron chi connectivity index (χ2n) is 7.84. The van der Waals surface area contributed by atoms with Crippen molar-refractivity contribution in [2.24, 2.45) is 0 Å². The molecule has 5 rings (SSSR count). The smallest absolute Gasteiger partial charge is 0.321 e. The standard InChI is InChI=1S/C21H22N4O4S2/c26-16(23-20(28)22-12-7-8-12)11-30-21-24-18-17(14-5-1-2-6-15(14)31-18)19(27)25(21)10-13-4-3-9-29-13/h3-4,9,12H,1-2,5-8,10-11H2,(H2,22,23,26,28). The second-order valence-corrected chi connectivity index (χ2v) is 9.87. The highest BCUT2D eigenvalue weighted by Gasteiger charge is 2.25. The van der Waals surface area contributed by atoms with Gasteiger partial charge in [0.25, 0.3) is 5.56 Å². The van der Waals surface area contributed by atoms with Gasteiger partial charge in [-0.15, -0.1) is 11.3 Å². The van der Waals surface area contributed by atoms with Crippen LogP contribution in [0.25, 0.3) is 10.2 Å². The quantitative estimate of drug-likeness (QED) is 0.434. The summed E-state index contributed by atoms with van der Waals surface area (Å²) >= 11 is 2.73. The fourth-order valence-electron chi connectivity index (χ4n) is 3.77. The van der Waals surface area contributed by atoms with Gasteiger partial charge in [0.2, 0.25) is 5.91 Å². The second kappa shape index (κ2) is 8.51. The number of aryl methyl sites for hydroxylation is 2. The van der Waals surface area contributed by atoms with E-state index in [2.05, 4.69) is 10.6 Å². The van der Waals surface area contributed by atoms with Crippen molar-refractivity contribution in [1.82, 2.24) is 20.2 Å².